The summed E-state index contributed by atoms with van der Waals surface area (Å²) in [5, 5.41) is 16.8. The van der Waals surface area contributed by atoms with E-state index in [1.807, 2.05) is 36.4 Å². The van der Waals surface area contributed by atoms with Crippen LogP contribution in [0.3, 0.4) is 0 Å². The molecular weight excluding hydrogens is 475 g/mol. The standard InChI is InChI=1S/C26H20Cl2N2O4/c1-33-24-11-17(10-22(28)25(24)34-15-16-6-8-20(27)9-7-16)14-29-30-26(32)21-12-18-4-2-3-5-19(18)13-23(21)31/h2-14,31H,15H2,1H3,(H,30,32). The van der Waals surface area contributed by atoms with Gasteiger partial charge in [-0.15, -0.1) is 0 Å². The van der Waals surface area contributed by atoms with Gasteiger partial charge in [0.25, 0.3) is 5.91 Å². The molecule has 0 aliphatic carbocycles. The Kier molecular flexibility index (Phi) is 7.21. The molecule has 0 bridgehead atoms. The number of carbonyl (C=O) groups excluding carboxylic acids is 1. The second-order valence-corrected chi connectivity index (χ2v) is 8.21. The molecule has 0 saturated heterocycles. The monoisotopic (exact) mass is 494 g/mol. The number of hydrogen-bond donors (Lipinski definition) is 2. The normalized spacial score (nSPS) is 11.0. The highest BCUT2D eigenvalue weighted by molar-refractivity contribution is 6.32. The Morgan fingerprint density at radius 2 is 1.74 bits per heavy atom. The second kappa shape index (κ2) is 10.5. The molecule has 0 saturated carbocycles. The molecule has 8 heteroatoms. The summed E-state index contributed by atoms with van der Waals surface area (Å²) in [7, 11) is 1.51. The first-order valence-electron chi connectivity index (χ1n) is 10.2. The summed E-state index contributed by atoms with van der Waals surface area (Å²) in [4.78, 5) is 12.5. The largest absolute Gasteiger partial charge is 0.507 e. The molecule has 0 unspecified atom stereocenters. The van der Waals surface area contributed by atoms with E-state index in [0.29, 0.717) is 27.1 Å². The minimum atomic E-state index is -0.541. The van der Waals surface area contributed by atoms with Gasteiger partial charge in [0.1, 0.15) is 12.4 Å². The van der Waals surface area contributed by atoms with Crippen LogP contribution in [-0.4, -0.2) is 24.3 Å². The highest BCUT2D eigenvalue weighted by Gasteiger charge is 2.14. The Hall–Kier alpha value is -3.74. The molecule has 4 aromatic carbocycles. The van der Waals surface area contributed by atoms with Crippen LogP contribution in [0.1, 0.15) is 21.5 Å². The van der Waals surface area contributed by atoms with Crippen molar-refractivity contribution in [3.05, 3.63) is 99.5 Å². The van der Waals surface area contributed by atoms with Gasteiger partial charge in [-0.3, -0.25) is 4.79 Å². The van der Waals surface area contributed by atoms with Gasteiger partial charge in [0.2, 0.25) is 0 Å². The van der Waals surface area contributed by atoms with E-state index in [0.717, 1.165) is 16.3 Å². The van der Waals surface area contributed by atoms with Crippen molar-refractivity contribution in [1.82, 2.24) is 5.43 Å². The number of phenolic OH excluding ortho intramolecular Hbond substituents is 1. The zero-order chi connectivity index (χ0) is 24.1. The van der Waals surface area contributed by atoms with Gasteiger partial charge >= 0.3 is 0 Å². The highest BCUT2D eigenvalue weighted by atomic mass is 35.5. The molecule has 172 valence electrons. The summed E-state index contributed by atoms with van der Waals surface area (Å²) >= 11 is 12.3. The number of aromatic hydroxyl groups is 1. The highest BCUT2D eigenvalue weighted by Crippen LogP contribution is 2.36. The first kappa shape index (κ1) is 23.4. The molecule has 0 atom stereocenters. The fraction of sp³-hybridized carbons (Fsp3) is 0.0769. The van der Waals surface area contributed by atoms with Gasteiger partial charge in [0.15, 0.2) is 11.5 Å². The van der Waals surface area contributed by atoms with Crippen molar-refractivity contribution >= 4 is 46.1 Å². The quantitative estimate of drug-likeness (QED) is 0.236. The lowest BCUT2D eigenvalue weighted by Gasteiger charge is -2.13. The minimum Gasteiger partial charge on any atom is -0.507 e. The smallest absolute Gasteiger partial charge is 0.275 e. The number of nitrogens with zero attached hydrogens (tertiary/aromatic N) is 1. The van der Waals surface area contributed by atoms with Crippen molar-refractivity contribution in [2.75, 3.05) is 7.11 Å². The maximum atomic E-state index is 12.5. The number of nitrogens with one attached hydrogen (secondary N) is 1. The fourth-order valence-corrected chi connectivity index (χ4v) is 3.73. The second-order valence-electron chi connectivity index (χ2n) is 7.36. The van der Waals surface area contributed by atoms with E-state index in [-0.39, 0.29) is 17.9 Å². The Bertz CT molecular complexity index is 1370. The van der Waals surface area contributed by atoms with E-state index in [9.17, 15) is 9.90 Å². The molecule has 0 radical (unpaired) electrons. The number of rotatable bonds is 7. The predicted molar refractivity (Wildman–Crippen MR) is 134 cm³/mol. The molecule has 0 spiro atoms. The van der Waals surface area contributed by atoms with E-state index < -0.39 is 5.91 Å². The third kappa shape index (κ3) is 5.42. The molecule has 4 aromatic rings. The summed E-state index contributed by atoms with van der Waals surface area (Å²) in [6.45, 7) is 0.284. The Morgan fingerprint density at radius 1 is 1.03 bits per heavy atom. The minimum absolute atomic E-state index is 0.123. The summed E-state index contributed by atoms with van der Waals surface area (Å²) in [5.74, 6) is 0.140. The molecule has 34 heavy (non-hydrogen) atoms. The summed E-state index contributed by atoms with van der Waals surface area (Å²) in [5.41, 5.74) is 4.05. The van der Waals surface area contributed by atoms with Crippen LogP contribution in [0.4, 0.5) is 0 Å². The van der Waals surface area contributed by atoms with Gasteiger partial charge < -0.3 is 14.6 Å². The van der Waals surface area contributed by atoms with Crippen molar-refractivity contribution in [3.63, 3.8) is 0 Å². The molecule has 0 aliphatic rings. The maximum absolute atomic E-state index is 12.5. The number of hydrogen-bond acceptors (Lipinski definition) is 5. The van der Waals surface area contributed by atoms with E-state index >= 15 is 0 Å². The fourth-order valence-electron chi connectivity index (χ4n) is 3.33. The van der Waals surface area contributed by atoms with Gasteiger partial charge in [0, 0.05) is 5.02 Å². The maximum Gasteiger partial charge on any atom is 0.275 e. The van der Waals surface area contributed by atoms with Crippen LogP contribution in [0.2, 0.25) is 10.0 Å². The molecule has 0 fully saturated rings. The van der Waals surface area contributed by atoms with Crippen molar-refractivity contribution in [2.45, 2.75) is 6.61 Å². The first-order valence-corrected chi connectivity index (χ1v) is 11.0. The average molecular weight is 495 g/mol. The summed E-state index contributed by atoms with van der Waals surface area (Å²) in [6.07, 6.45) is 1.42. The number of phenols is 1. The first-order chi connectivity index (χ1) is 16.4. The lowest BCUT2D eigenvalue weighted by atomic mass is 10.1. The van der Waals surface area contributed by atoms with E-state index in [2.05, 4.69) is 10.5 Å². The summed E-state index contributed by atoms with van der Waals surface area (Å²) in [6, 6.07) is 21.2. The van der Waals surface area contributed by atoms with Crippen molar-refractivity contribution < 1.29 is 19.4 Å². The number of fused-ring (bicyclic) bond motifs is 1. The molecule has 2 N–H and O–H groups in total. The molecule has 0 heterocycles. The third-order valence-electron chi connectivity index (χ3n) is 5.04. The SMILES string of the molecule is COc1cc(C=NNC(=O)c2cc3ccccc3cc2O)cc(Cl)c1OCc1ccc(Cl)cc1. The lowest BCUT2D eigenvalue weighted by Crippen LogP contribution is -2.17. The Labute approximate surface area is 206 Å². The topological polar surface area (TPSA) is 80.2 Å². The molecule has 6 nitrogen and oxygen atoms in total. The van der Waals surface area contributed by atoms with Crippen molar-refractivity contribution in [1.29, 1.82) is 0 Å². The number of hydrazone groups is 1. The number of methoxy groups -OCH3 is 1. The zero-order valence-electron chi connectivity index (χ0n) is 18.1. The van der Waals surface area contributed by atoms with E-state index in [1.54, 1.807) is 36.4 Å². The summed E-state index contributed by atoms with van der Waals surface area (Å²) < 4.78 is 11.3. The van der Waals surface area contributed by atoms with Crippen LogP contribution in [0, 0.1) is 0 Å². The van der Waals surface area contributed by atoms with Crippen LogP contribution < -0.4 is 14.9 Å². The van der Waals surface area contributed by atoms with Gasteiger partial charge in [0.05, 0.1) is 23.9 Å². The van der Waals surface area contributed by atoms with Gasteiger partial charge in [-0.1, -0.05) is 59.6 Å². The Balaban J connectivity index is 1.46. The molecule has 4 rings (SSSR count). The average Bonchev–Trinajstić information content (AvgIpc) is 2.83. The number of carbonyl (C=O) groups is 1. The Morgan fingerprint density at radius 3 is 2.44 bits per heavy atom. The molecular formula is C26H20Cl2N2O4. The van der Waals surface area contributed by atoms with Crippen LogP contribution in [-0.2, 0) is 6.61 Å². The van der Waals surface area contributed by atoms with E-state index in [4.69, 9.17) is 32.7 Å². The number of ether oxygens (including phenoxy) is 2. The van der Waals surface area contributed by atoms with Crippen molar-refractivity contribution in [3.8, 4) is 17.2 Å². The van der Waals surface area contributed by atoms with Crippen LogP contribution in [0.25, 0.3) is 10.8 Å². The molecule has 0 aliphatic heterocycles. The molecule has 0 aromatic heterocycles. The number of benzene rings is 4. The van der Waals surface area contributed by atoms with Crippen LogP contribution in [0.15, 0.2) is 77.9 Å². The lowest BCUT2D eigenvalue weighted by molar-refractivity contribution is 0.0952. The number of halogens is 2. The van der Waals surface area contributed by atoms with Gasteiger partial charge in [-0.25, -0.2) is 5.43 Å². The number of amides is 1. The predicted octanol–water partition coefficient (Wildman–Crippen LogP) is 6.20. The third-order valence-corrected chi connectivity index (χ3v) is 5.57. The van der Waals surface area contributed by atoms with E-state index in [1.165, 1.54) is 13.3 Å². The van der Waals surface area contributed by atoms with Gasteiger partial charge in [-0.2, -0.15) is 5.10 Å². The molecule has 1 amide bonds. The van der Waals surface area contributed by atoms with Crippen LogP contribution in [0.5, 0.6) is 17.2 Å². The van der Waals surface area contributed by atoms with Crippen molar-refractivity contribution in [2.24, 2.45) is 5.10 Å². The van der Waals surface area contributed by atoms with Crippen LogP contribution >= 0.6 is 23.2 Å². The van der Waals surface area contributed by atoms with Gasteiger partial charge in [-0.05, 0) is 58.3 Å². The zero-order valence-corrected chi connectivity index (χ0v) is 19.6.